The first-order valence-electron chi connectivity index (χ1n) is 8.14. The van der Waals surface area contributed by atoms with Crippen LogP contribution in [-0.4, -0.2) is 35.6 Å². The van der Waals surface area contributed by atoms with Gasteiger partial charge < -0.3 is 10.2 Å². The third-order valence-electron chi connectivity index (χ3n) is 5.11. The number of aromatic nitrogens is 1. The minimum atomic E-state index is 0.717. The van der Waals surface area contributed by atoms with Crippen molar-refractivity contribution in [1.29, 1.82) is 0 Å². The Morgan fingerprint density at radius 1 is 1.25 bits per heavy atom. The van der Waals surface area contributed by atoms with Crippen molar-refractivity contribution in [2.75, 3.05) is 13.6 Å². The monoisotopic (exact) mass is 293 g/mol. The van der Waals surface area contributed by atoms with Crippen LogP contribution < -0.4 is 5.32 Å². The molecular formula is C16H27N3S. The lowest BCUT2D eigenvalue weighted by molar-refractivity contribution is 0.161. The summed E-state index contributed by atoms with van der Waals surface area (Å²) in [7, 11) is 2.31. The Hall–Kier alpha value is -0.450. The van der Waals surface area contributed by atoms with Crippen LogP contribution in [0, 0.1) is 0 Å². The predicted octanol–water partition coefficient (Wildman–Crippen LogP) is 3.16. The Balaban J connectivity index is 1.75. The fraction of sp³-hybridized carbons (Fsp3) is 0.812. The summed E-state index contributed by atoms with van der Waals surface area (Å²) in [6, 6.07) is 1.62. The molecule has 2 aliphatic heterocycles. The third-order valence-corrected chi connectivity index (χ3v) is 6.37. The molecule has 1 aromatic heterocycles. The van der Waals surface area contributed by atoms with Crippen LogP contribution >= 0.6 is 11.3 Å². The van der Waals surface area contributed by atoms with E-state index in [4.69, 9.17) is 4.98 Å². The summed E-state index contributed by atoms with van der Waals surface area (Å²) in [5.41, 5.74) is 1.33. The fourth-order valence-electron chi connectivity index (χ4n) is 3.84. The summed E-state index contributed by atoms with van der Waals surface area (Å²) < 4.78 is 0. The lowest BCUT2D eigenvalue weighted by atomic mass is 9.92. The minimum absolute atomic E-state index is 0.717. The average Bonchev–Trinajstić information content (AvgIpc) is 2.93. The van der Waals surface area contributed by atoms with Crippen LogP contribution in [0.4, 0.5) is 0 Å². The highest BCUT2D eigenvalue weighted by Gasteiger charge is 2.39. The van der Waals surface area contributed by atoms with Gasteiger partial charge in [0.1, 0.15) is 0 Å². The Morgan fingerprint density at radius 2 is 1.95 bits per heavy atom. The summed E-state index contributed by atoms with van der Waals surface area (Å²) in [4.78, 5) is 9.07. The van der Waals surface area contributed by atoms with Crippen molar-refractivity contribution in [3.05, 3.63) is 15.6 Å². The van der Waals surface area contributed by atoms with Crippen molar-refractivity contribution in [3.63, 3.8) is 0 Å². The van der Waals surface area contributed by atoms with Gasteiger partial charge in [-0.05, 0) is 45.7 Å². The van der Waals surface area contributed by atoms with E-state index in [1.54, 1.807) is 0 Å². The van der Waals surface area contributed by atoms with Gasteiger partial charge in [0.25, 0.3) is 0 Å². The SMILES string of the molecule is CCNCc1sc(C2CC3CCC(C2)N3C)nc1CC. The van der Waals surface area contributed by atoms with Gasteiger partial charge in [-0.25, -0.2) is 4.98 Å². The normalized spacial score (nSPS) is 30.1. The highest BCUT2D eigenvalue weighted by atomic mass is 32.1. The van der Waals surface area contributed by atoms with Crippen LogP contribution in [0.1, 0.15) is 61.0 Å². The molecular weight excluding hydrogens is 266 g/mol. The average molecular weight is 293 g/mol. The van der Waals surface area contributed by atoms with Gasteiger partial charge in [0.05, 0.1) is 10.7 Å². The van der Waals surface area contributed by atoms with Crippen LogP contribution in [0.3, 0.4) is 0 Å². The summed E-state index contributed by atoms with van der Waals surface area (Å²) in [5.74, 6) is 0.717. The molecule has 0 aromatic carbocycles. The van der Waals surface area contributed by atoms with Crippen molar-refractivity contribution in [1.82, 2.24) is 15.2 Å². The molecule has 0 spiro atoms. The minimum Gasteiger partial charge on any atom is -0.312 e. The summed E-state index contributed by atoms with van der Waals surface area (Å²) in [6.45, 7) is 6.43. The molecule has 3 heterocycles. The Labute approximate surface area is 126 Å². The van der Waals surface area contributed by atoms with E-state index in [2.05, 4.69) is 31.1 Å². The van der Waals surface area contributed by atoms with E-state index in [1.165, 1.54) is 41.3 Å². The molecule has 2 bridgehead atoms. The van der Waals surface area contributed by atoms with Crippen molar-refractivity contribution < 1.29 is 0 Å². The maximum absolute atomic E-state index is 4.99. The number of aryl methyl sites for hydroxylation is 1. The summed E-state index contributed by atoms with van der Waals surface area (Å²) in [5, 5.41) is 4.87. The molecule has 1 aromatic rings. The zero-order chi connectivity index (χ0) is 14.1. The Kier molecular flexibility index (Phi) is 4.43. The van der Waals surface area contributed by atoms with Gasteiger partial charge in [0, 0.05) is 29.4 Å². The molecule has 1 N–H and O–H groups in total. The molecule has 0 radical (unpaired) electrons. The number of nitrogens with one attached hydrogen (secondary N) is 1. The number of hydrogen-bond donors (Lipinski definition) is 1. The molecule has 2 saturated heterocycles. The second kappa shape index (κ2) is 6.12. The standard InChI is InChI=1S/C16H27N3S/c1-4-14-15(10-17-5-2)20-16(18-14)11-8-12-6-7-13(9-11)19(12)3/h11-13,17H,4-10H2,1-3H3. The number of hydrogen-bond acceptors (Lipinski definition) is 4. The number of thiazole rings is 1. The first-order valence-corrected chi connectivity index (χ1v) is 8.95. The van der Waals surface area contributed by atoms with E-state index in [1.807, 2.05) is 11.3 Å². The van der Waals surface area contributed by atoms with Crippen LogP contribution in [0.25, 0.3) is 0 Å². The molecule has 2 aliphatic rings. The Morgan fingerprint density at radius 3 is 2.55 bits per heavy atom. The first-order chi connectivity index (χ1) is 9.72. The van der Waals surface area contributed by atoms with Gasteiger partial charge in [-0.15, -0.1) is 11.3 Å². The Bertz CT molecular complexity index is 443. The molecule has 3 rings (SSSR count). The zero-order valence-electron chi connectivity index (χ0n) is 13.0. The quantitative estimate of drug-likeness (QED) is 0.904. The smallest absolute Gasteiger partial charge is 0.0963 e. The first kappa shape index (κ1) is 14.5. The lowest BCUT2D eigenvalue weighted by Gasteiger charge is -2.35. The third kappa shape index (κ3) is 2.66. The number of piperidine rings is 1. The topological polar surface area (TPSA) is 28.2 Å². The van der Waals surface area contributed by atoms with Crippen molar-refractivity contribution in [3.8, 4) is 0 Å². The van der Waals surface area contributed by atoms with Crippen LogP contribution in [0.2, 0.25) is 0 Å². The molecule has 2 fully saturated rings. The van der Waals surface area contributed by atoms with Crippen LogP contribution in [-0.2, 0) is 13.0 Å². The van der Waals surface area contributed by atoms with Crippen molar-refractivity contribution in [2.45, 2.75) is 70.5 Å². The summed E-state index contributed by atoms with van der Waals surface area (Å²) >= 11 is 1.97. The highest BCUT2D eigenvalue weighted by Crippen LogP contribution is 2.43. The number of nitrogens with zero attached hydrogens (tertiary/aromatic N) is 2. The van der Waals surface area contributed by atoms with E-state index in [9.17, 15) is 0 Å². The number of fused-ring (bicyclic) bond motifs is 2. The lowest BCUT2D eigenvalue weighted by Crippen LogP contribution is -2.39. The maximum atomic E-state index is 4.99. The van der Waals surface area contributed by atoms with Gasteiger partial charge >= 0.3 is 0 Å². The van der Waals surface area contributed by atoms with E-state index >= 15 is 0 Å². The van der Waals surface area contributed by atoms with E-state index < -0.39 is 0 Å². The molecule has 0 saturated carbocycles. The number of rotatable bonds is 5. The zero-order valence-corrected chi connectivity index (χ0v) is 13.8. The molecule has 112 valence electrons. The van der Waals surface area contributed by atoms with Crippen LogP contribution in [0.15, 0.2) is 0 Å². The molecule has 0 amide bonds. The van der Waals surface area contributed by atoms with Gasteiger partial charge in [-0.2, -0.15) is 0 Å². The van der Waals surface area contributed by atoms with Gasteiger partial charge in [-0.3, -0.25) is 0 Å². The van der Waals surface area contributed by atoms with E-state index in [-0.39, 0.29) is 0 Å². The van der Waals surface area contributed by atoms with Crippen LogP contribution in [0.5, 0.6) is 0 Å². The second-order valence-corrected chi connectivity index (χ2v) is 7.39. The molecule has 2 atom stereocenters. The second-order valence-electron chi connectivity index (χ2n) is 6.27. The van der Waals surface area contributed by atoms with Gasteiger partial charge in [0.15, 0.2) is 0 Å². The largest absolute Gasteiger partial charge is 0.312 e. The van der Waals surface area contributed by atoms with Crippen molar-refractivity contribution in [2.24, 2.45) is 0 Å². The molecule has 4 heteroatoms. The van der Waals surface area contributed by atoms with Crippen molar-refractivity contribution >= 4 is 11.3 Å². The summed E-state index contributed by atoms with van der Waals surface area (Å²) in [6.07, 6.45) is 6.51. The van der Waals surface area contributed by atoms with Gasteiger partial charge in [0.2, 0.25) is 0 Å². The highest BCUT2D eigenvalue weighted by molar-refractivity contribution is 7.11. The fourth-order valence-corrected chi connectivity index (χ4v) is 5.09. The van der Waals surface area contributed by atoms with Gasteiger partial charge in [-0.1, -0.05) is 13.8 Å². The molecule has 0 aliphatic carbocycles. The maximum Gasteiger partial charge on any atom is 0.0963 e. The molecule has 20 heavy (non-hydrogen) atoms. The molecule has 2 unspecified atom stereocenters. The van der Waals surface area contributed by atoms with E-state index in [0.717, 1.165) is 37.5 Å². The molecule has 3 nitrogen and oxygen atoms in total. The predicted molar refractivity (Wildman–Crippen MR) is 85.4 cm³/mol. The van der Waals surface area contributed by atoms with E-state index in [0.29, 0.717) is 0 Å².